The van der Waals surface area contributed by atoms with Crippen LogP contribution in [0.2, 0.25) is 0 Å². The lowest BCUT2D eigenvalue weighted by Gasteiger charge is -2.38. The van der Waals surface area contributed by atoms with Crippen LogP contribution >= 0.6 is 0 Å². The number of nitrogens with one attached hydrogen (secondary N) is 1. The average Bonchev–Trinajstić information content (AvgIpc) is 2.35. The van der Waals surface area contributed by atoms with E-state index in [-0.39, 0.29) is 6.10 Å². The molecule has 17 heavy (non-hydrogen) atoms. The van der Waals surface area contributed by atoms with E-state index >= 15 is 0 Å². The van der Waals surface area contributed by atoms with Crippen molar-refractivity contribution in [3.05, 3.63) is 0 Å². The summed E-state index contributed by atoms with van der Waals surface area (Å²) >= 11 is 0. The maximum absolute atomic E-state index is 9.97. The number of likely N-dealkylation sites (tertiary alicyclic amines) is 1. The molecule has 3 atom stereocenters. The molecule has 0 aliphatic carbocycles. The summed E-state index contributed by atoms with van der Waals surface area (Å²) in [5.74, 6) is 0.302. The van der Waals surface area contributed by atoms with E-state index in [9.17, 15) is 5.11 Å². The van der Waals surface area contributed by atoms with Gasteiger partial charge in [-0.25, -0.2) is 0 Å². The molecule has 0 aromatic heterocycles. The van der Waals surface area contributed by atoms with Crippen LogP contribution in [0, 0.1) is 17.2 Å². The number of aliphatic hydroxyl groups is 1. The van der Waals surface area contributed by atoms with Crippen molar-refractivity contribution in [1.82, 2.24) is 10.2 Å². The van der Waals surface area contributed by atoms with E-state index in [0.29, 0.717) is 18.5 Å². The van der Waals surface area contributed by atoms with Crippen LogP contribution in [0.25, 0.3) is 0 Å². The molecule has 1 aliphatic rings. The molecule has 3 unspecified atom stereocenters. The fraction of sp³-hybridized carbons (Fsp3) is 0.923. The van der Waals surface area contributed by atoms with Gasteiger partial charge in [-0.05, 0) is 31.7 Å². The quantitative estimate of drug-likeness (QED) is 0.678. The summed E-state index contributed by atoms with van der Waals surface area (Å²) in [5.41, 5.74) is 0. The minimum absolute atomic E-state index is 0.234. The van der Waals surface area contributed by atoms with Crippen molar-refractivity contribution in [2.24, 2.45) is 5.92 Å². The Morgan fingerprint density at radius 2 is 2.24 bits per heavy atom. The van der Waals surface area contributed by atoms with Gasteiger partial charge in [0, 0.05) is 19.1 Å². The molecule has 1 heterocycles. The van der Waals surface area contributed by atoms with E-state index in [0.717, 1.165) is 38.9 Å². The lowest BCUT2D eigenvalue weighted by Crippen LogP contribution is -2.51. The highest BCUT2D eigenvalue weighted by molar-refractivity contribution is 4.89. The van der Waals surface area contributed by atoms with E-state index in [1.54, 1.807) is 0 Å². The monoisotopic (exact) mass is 239 g/mol. The minimum Gasteiger partial charge on any atom is -0.393 e. The molecular formula is C13H25N3O. The molecule has 0 bridgehead atoms. The first-order chi connectivity index (χ1) is 8.21. The molecule has 0 aromatic carbocycles. The summed E-state index contributed by atoms with van der Waals surface area (Å²) in [6, 6.07) is 2.63. The van der Waals surface area contributed by atoms with Gasteiger partial charge < -0.3 is 10.4 Å². The summed E-state index contributed by atoms with van der Waals surface area (Å²) < 4.78 is 0. The first-order valence-electron chi connectivity index (χ1n) is 6.72. The van der Waals surface area contributed by atoms with Gasteiger partial charge in [0.1, 0.15) is 0 Å². The Labute approximate surface area is 105 Å². The summed E-state index contributed by atoms with van der Waals surface area (Å²) in [5, 5.41) is 22.3. The Morgan fingerprint density at radius 1 is 1.47 bits per heavy atom. The molecule has 4 heteroatoms. The highest BCUT2D eigenvalue weighted by Gasteiger charge is 2.30. The fourth-order valence-corrected chi connectivity index (χ4v) is 2.57. The SMILES string of the molecule is CCCNC1CC(C(O)CC)CN(CC#N)C1. The molecule has 0 radical (unpaired) electrons. The van der Waals surface area contributed by atoms with E-state index in [1.165, 1.54) is 0 Å². The van der Waals surface area contributed by atoms with Gasteiger partial charge in [0.25, 0.3) is 0 Å². The van der Waals surface area contributed by atoms with Gasteiger partial charge in [0.15, 0.2) is 0 Å². The number of rotatable bonds is 6. The van der Waals surface area contributed by atoms with Gasteiger partial charge in [0.2, 0.25) is 0 Å². The lowest BCUT2D eigenvalue weighted by atomic mass is 9.88. The van der Waals surface area contributed by atoms with Crippen LogP contribution in [0.4, 0.5) is 0 Å². The third-order valence-corrected chi connectivity index (χ3v) is 3.50. The molecule has 0 amide bonds. The number of nitriles is 1. The number of piperidine rings is 1. The van der Waals surface area contributed by atoms with E-state index in [2.05, 4.69) is 23.2 Å². The second-order valence-corrected chi connectivity index (χ2v) is 4.97. The zero-order valence-corrected chi connectivity index (χ0v) is 11.0. The van der Waals surface area contributed by atoms with Crippen molar-refractivity contribution in [3.63, 3.8) is 0 Å². The summed E-state index contributed by atoms with van der Waals surface area (Å²) in [6.45, 7) is 7.44. The van der Waals surface area contributed by atoms with Crippen molar-refractivity contribution in [1.29, 1.82) is 5.26 Å². The maximum Gasteiger partial charge on any atom is 0.0866 e. The second kappa shape index (κ2) is 7.65. The second-order valence-electron chi connectivity index (χ2n) is 4.97. The standard InChI is InChI=1S/C13H25N3O/c1-3-6-15-12-8-11(13(17)4-2)9-16(10-12)7-5-14/h11-13,15,17H,3-4,6-10H2,1-2H3. The third-order valence-electron chi connectivity index (χ3n) is 3.50. The molecular weight excluding hydrogens is 214 g/mol. The van der Waals surface area contributed by atoms with Crippen LogP contribution in [0.3, 0.4) is 0 Å². The lowest BCUT2D eigenvalue weighted by molar-refractivity contribution is 0.0403. The van der Waals surface area contributed by atoms with Gasteiger partial charge >= 0.3 is 0 Å². The van der Waals surface area contributed by atoms with E-state index in [4.69, 9.17) is 5.26 Å². The highest BCUT2D eigenvalue weighted by Crippen LogP contribution is 2.21. The van der Waals surface area contributed by atoms with Crippen molar-refractivity contribution in [2.75, 3.05) is 26.2 Å². The first-order valence-corrected chi connectivity index (χ1v) is 6.72. The Kier molecular flexibility index (Phi) is 6.49. The van der Waals surface area contributed by atoms with Crippen LogP contribution in [0.5, 0.6) is 0 Å². The number of hydrogen-bond acceptors (Lipinski definition) is 4. The first kappa shape index (κ1) is 14.4. The minimum atomic E-state index is -0.234. The van der Waals surface area contributed by atoms with E-state index < -0.39 is 0 Å². The van der Waals surface area contributed by atoms with Crippen molar-refractivity contribution in [2.45, 2.75) is 45.3 Å². The molecule has 98 valence electrons. The molecule has 1 rings (SSSR count). The summed E-state index contributed by atoms with van der Waals surface area (Å²) in [4.78, 5) is 2.15. The summed E-state index contributed by atoms with van der Waals surface area (Å²) in [6.07, 6.45) is 2.71. The molecule has 2 N–H and O–H groups in total. The van der Waals surface area contributed by atoms with Crippen LogP contribution < -0.4 is 5.32 Å². The van der Waals surface area contributed by atoms with Crippen LogP contribution in [-0.2, 0) is 0 Å². The molecule has 1 saturated heterocycles. The Morgan fingerprint density at radius 3 is 2.82 bits per heavy atom. The zero-order valence-electron chi connectivity index (χ0n) is 11.0. The van der Waals surface area contributed by atoms with Crippen LogP contribution in [0.15, 0.2) is 0 Å². The van der Waals surface area contributed by atoms with Crippen molar-refractivity contribution >= 4 is 0 Å². The van der Waals surface area contributed by atoms with Crippen LogP contribution in [0.1, 0.15) is 33.1 Å². The molecule has 4 nitrogen and oxygen atoms in total. The van der Waals surface area contributed by atoms with Crippen molar-refractivity contribution < 1.29 is 5.11 Å². The van der Waals surface area contributed by atoms with Crippen molar-refractivity contribution in [3.8, 4) is 6.07 Å². The predicted octanol–water partition coefficient (Wildman–Crippen LogP) is 0.971. The number of hydrogen-bond donors (Lipinski definition) is 2. The van der Waals surface area contributed by atoms with E-state index in [1.807, 2.05) is 6.92 Å². The number of aliphatic hydroxyl groups excluding tert-OH is 1. The Balaban J connectivity index is 2.53. The molecule has 1 fully saturated rings. The third kappa shape index (κ3) is 4.63. The van der Waals surface area contributed by atoms with Gasteiger partial charge in [-0.2, -0.15) is 5.26 Å². The fourth-order valence-electron chi connectivity index (χ4n) is 2.57. The molecule has 0 saturated carbocycles. The van der Waals surface area contributed by atoms with Gasteiger partial charge in [-0.3, -0.25) is 4.90 Å². The normalized spacial score (nSPS) is 27.6. The smallest absolute Gasteiger partial charge is 0.0866 e. The average molecular weight is 239 g/mol. The van der Waals surface area contributed by atoms with Gasteiger partial charge in [-0.15, -0.1) is 0 Å². The highest BCUT2D eigenvalue weighted by atomic mass is 16.3. The zero-order chi connectivity index (χ0) is 12.7. The maximum atomic E-state index is 9.97. The Bertz CT molecular complexity index is 252. The Hall–Kier alpha value is -0.630. The van der Waals surface area contributed by atoms with Gasteiger partial charge in [0.05, 0.1) is 18.7 Å². The largest absolute Gasteiger partial charge is 0.393 e. The molecule has 0 aromatic rings. The molecule has 1 aliphatic heterocycles. The summed E-state index contributed by atoms with van der Waals surface area (Å²) in [7, 11) is 0. The van der Waals surface area contributed by atoms with Crippen LogP contribution in [-0.4, -0.2) is 48.3 Å². The number of nitrogens with zero attached hydrogens (tertiary/aromatic N) is 2. The topological polar surface area (TPSA) is 59.3 Å². The molecule has 0 spiro atoms. The van der Waals surface area contributed by atoms with Gasteiger partial charge in [-0.1, -0.05) is 13.8 Å². The predicted molar refractivity (Wildman–Crippen MR) is 68.5 cm³/mol.